The van der Waals surface area contributed by atoms with Crippen LogP contribution in [0.1, 0.15) is 13.2 Å². The Kier molecular flexibility index (Phi) is 5.84. The molecular weight excluding hydrogens is 386 g/mol. The summed E-state index contributed by atoms with van der Waals surface area (Å²) in [6.45, 7) is 0.849. The molecule has 5 atom stereocenters. The van der Waals surface area contributed by atoms with Crippen molar-refractivity contribution < 1.29 is 42.5 Å². The first-order chi connectivity index (χ1) is 11.4. The molecule has 142 valence electrons. The van der Waals surface area contributed by atoms with Crippen molar-refractivity contribution in [2.75, 3.05) is 6.61 Å². The maximum atomic E-state index is 11.8. The number of H-pyrrole nitrogens is 1. The second-order valence-electron chi connectivity index (χ2n) is 5.27. The van der Waals surface area contributed by atoms with Crippen LogP contribution in [0.4, 0.5) is 0 Å². The fraction of sp³-hybridized carbons (Fsp3) is 0.600. The first-order valence-electron chi connectivity index (χ1n) is 6.79. The van der Waals surface area contributed by atoms with Gasteiger partial charge in [0.05, 0.1) is 12.7 Å². The van der Waals surface area contributed by atoms with Crippen LogP contribution >= 0.6 is 15.6 Å². The highest BCUT2D eigenvalue weighted by Crippen LogP contribution is 2.57. The topological polar surface area (TPSA) is 198 Å². The van der Waals surface area contributed by atoms with Gasteiger partial charge in [-0.05, 0) is 0 Å². The van der Waals surface area contributed by atoms with Crippen LogP contribution in [0.3, 0.4) is 0 Å². The molecule has 5 N–H and O–H groups in total. The molecule has 1 aliphatic rings. The van der Waals surface area contributed by atoms with Crippen LogP contribution in [0.5, 0.6) is 0 Å². The van der Waals surface area contributed by atoms with Crippen LogP contribution in [0.2, 0.25) is 0 Å². The number of ether oxygens (including phenoxy) is 1. The van der Waals surface area contributed by atoms with Gasteiger partial charge < -0.3 is 24.5 Å². The van der Waals surface area contributed by atoms with Crippen LogP contribution in [0.25, 0.3) is 0 Å². The molecule has 1 aliphatic heterocycles. The molecule has 1 saturated heterocycles. The van der Waals surface area contributed by atoms with Crippen molar-refractivity contribution in [2.45, 2.75) is 25.4 Å². The summed E-state index contributed by atoms with van der Waals surface area (Å²) in [7, 11) is -10.3. The van der Waals surface area contributed by atoms with E-state index in [1.54, 1.807) is 0 Å². The predicted molar refractivity (Wildman–Crippen MR) is 79.3 cm³/mol. The minimum atomic E-state index is -5.25. The molecule has 1 aromatic heterocycles. The minimum Gasteiger partial charge on any atom is -0.388 e. The Labute approximate surface area is 139 Å². The fourth-order valence-electron chi connectivity index (χ4n) is 2.24. The van der Waals surface area contributed by atoms with E-state index in [0.717, 1.165) is 16.8 Å². The van der Waals surface area contributed by atoms with Crippen LogP contribution in [-0.4, -0.2) is 48.2 Å². The van der Waals surface area contributed by atoms with E-state index in [1.165, 1.54) is 6.92 Å². The zero-order valence-electron chi connectivity index (χ0n) is 12.7. The molecule has 2 heterocycles. The normalized spacial score (nSPS) is 29.5. The molecule has 0 aliphatic carbocycles. The number of nitrogens with zero attached hydrogens (tertiary/aromatic N) is 1. The number of aromatic nitrogens is 2. The molecule has 1 aromatic rings. The summed E-state index contributed by atoms with van der Waals surface area (Å²) in [5.41, 5.74) is -1.47. The van der Waals surface area contributed by atoms with Crippen LogP contribution in [0, 0.1) is 5.92 Å². The summed E-state index contributed by atoms with van der Waals surface area (Å²) >= 11 is 0. The van der Waals surface area contributed by atoms with Crippen LogP contribution < -0.4 is 11.2 Å². The monoisotopic (exact) mass is 402 g/mol. The molecule has 15 heteroatoms. The van der Waals surface area contributed by atoms with E-state index in [9.17, 15) is 28.7 Å². The summed E-state index contributed by atoms with van der Waals surface area (Å²) < 4.78 is 36.4. The van der Waals surface area contributed by atoms with Crippen molar-refractivity contribution in [3.05, 3.63) is 33.1 Å². The molecular formula is C10H16N2O11P2. The van der Waals surface area contributed by atoms with Gasteiger partial charge in [0.2, 0.25) is 0 Å². The third-order valence-corrected chi connectivity index (χ3v) is 5.62. The number of aromatic amines is 1. The van der Waals surface area contributed by atoms with Crippen molar-refractivity contribution in [2.24, 2.45) is 5.92 Å². The van der Waals surface area contributed by atoms with Gasteiger partial charge in [0.1, 0.15) is 6.10 Å². The number of aliphatic hydroxyl groups is 1. The molecule has 0 spiro atoms. The van der Waals surface area contributed by atoms with Crippen molar-refractivity contribution in [3.63, 3.8) is 0 Å². The van der Waals surface area contributed by atoms with E-state index in [4.69, 9.17) is 14.5 Å². The standard InChI is InChI=1S/C10H16N2O11P2/c1-5-6(4-21-25(19,20)23-24(16,17)18)22-9(8(5)14)12-3-2-7(13)11-10(12)15/h2-3,5-6,8-9,14H,4H2,1H3,(H,19,20)(H,11,13,15)(H2,16,17,18)/t5-,6-,8-,9-/m1/s1. The lowest BCUT2D eigenvalue weighted by Crippen LogP contribution is -2.35. The van der Waals surface area contributed by atoms with Crippen molar-refractivity contribution >= 4 is 15.6 Å². The van der Waals surface area contributed by atoms with Gasteiger partial charge in [-0.2, -0.15) is 4.31 Å². The van der Waals surface area contributed by atoms with E-state index in [2.05, 4.69) is 8.83 Å². The highest BCUT2D eigenvalue weighted by Gasteiger charge is 2.44. The molecule has 0 aromatic carbocycles. The van der Waals surface area contributed by atoms with Gasteiger partial charge in [0.25, 0.3) is 5.56 Å². The van der Waals surface area contributed by atoms with Crippen LogP contribution in [0.15, 0.2) is 21.9 Å². The van der Waals surface area contributed by atoms with E-state index in [0.29, 0.717) is 0 Å². The molecule has 0 amide bonds. The summed E-state index contributed by atoms with van der Waals surface area (Å²) in [6.07, 6.45) is -2.31. The molecule has 25 heavy (non-hydrogen) atoms. The quantitative estimate of drug-likeness (QED) is 0.353. The molecule has 0 saturated carbocycles. The summed E-state index contributed by atoms with van der Waals surface area (Å²) in [5, 5.41) is 10.2. The Balaban J connectivity index is 2.09. The van der Waals surface area contributed by atoms with Crippen LogP contribution in [-0.2, 0) is 22.7 Å². The number of hydrogen-bond acceptors (Lipinski definition) is 8. The zero-order chi connectivity index (χ0) is 19.0. The average Bonchev–Trinajstić information content (AvgIpc) is 2.71. The molecule has 0 radical (unpaired) electrons. The summed E-state index contributed by atoms with van der Waals surface area (Å²) in [6, 6.07) is 1.04. The maximum Gasteiger partial charge on any atom is 0.481 e. The molecule has 1 fully saturated rings. The Morgan fingerprint density at radius 2 is 1.96 bits per heavy atom. The molecule has 0 bridgehead atoms. The molecule has 13 nitrogen and oxygen atoms in total. The first-order valence-corrected chi connectivity index (χ1v) is 9.81. The third kappa shape index (κ3) is 5.17. The predicted octanol–water partition coefficient (Wildman–Crippen LogP) is -1.34. The Bertz CT molecular complexity index is 829. The third-order valence-electron chi connectivity index (χ3n) is 3.47. The molecule has 1 unspecified atom stereocenters. The van der Waals surface area contributed by atoms with Gasteiger partial charge in [-0.3, -0.25) is 18.9 Å². The summed E-state index contributed by atoms with van der Waals surface area (Å²) in [5.74, 6) is -0.682. The largest absolute Gasteiger partial charge is 0.481 e. The van der Waals surface area contributed by atoms with E-state index in [-0.39, 0.29) is 0 Å². The van der Waals surface area contributed by atoms with Crippen molar-refractivity contribution in [1.29, 1.82) is 0 Å². The number of phosphoric acid groups is 2. The Hall–Kier alpha value is -1.14. The van der Waals surface area contributed by atoms with E-state index < -0.39 is 57.9 Å². The second-order valence-corrected chi connectivity index (χ2v) is 8.10. The molecule has 2 rings (SSSR count). The lowest BCUT2D eigenvalue weighted by Gasteiger charge is -2.18. The number of rotatable bonds is 6. The van der Waals surface area contributed by atoms with E-state index in [1.807, 2.05) is 4.98 Å². The highest BCUT2D eigenvalue weighted by molar-refractivity contribution is 7.60. The minimum absolute atomic E-state index is 0.641. The number of hydrogen-bond donors (Lipinski definition) is 5. The van der Waals surface area contributed by atoms with Gasteiger partial charge in [-0.15, -0.1) is 0 Å². The fourth-order valence-corrected chi connectivity index (χ4v) is 3.84. The second kappa shape index (κ2) is 7.23. The first kappa shape index (κ1) is 20.2. The smallest absolute Gasteiger partial charge is 0.388 e. The zero-order valence-corrected chi connectivity index (χ0v) is 14.4. The SMILES string of the molecule is C[C@H]1[C@@H](O)[C@H](n2ccc(=O)[nH]c2=O)O[C@@H]1COP(=O)(O)OP(=O)(O)O. The van der Waals surface area contributed by atoms with Gasteiger partial charge in [0.15, 0.2) is 6.23 Å². The Morgan fingerprint density at radius 1 is 1.32 bits per heavy atom. The lowest BCUT2D eigenvalue weighted by atomic mass is 10.0. The lowest BCUT2D eigenvalue weighted by molar-refractivity contribution is -0.0528. The maximum absolute atomic E-state index is 11.8. The summed E-state index contributed by atoms with van der Waals surface area (Å²) in [4.78, 5) is 51.1. The van der Waals surface area contributed by atoms with Gasteiger partial charge in [0, 0.05) is 18.2 Å². The van der Waals surface area contributed by atoms with Gasteiger partial charge in [-0.1, -0.05) is 6.92 Å². The number of nitrogens with one attached hydrogen (secondary N) is 1. The highest BCUT2D eigenvalue weighted by atomic mass is 31.3. The number of phosphoric ester groups is 1. The van der Waals surface area contributed by atoms with Crippen molar-refractivity contribution in [1.82, 2.24) is 9.55 Å². The number of aliphatic hydroxyl groups excluding tert-OH is 1. The Morgan fingerprint density at radius 3 is 2.52 bits per heavy atom. The van der Waals surface area contributed by atoms with E-state index >= 15 is 0 Å². The van der Waals surface area contributed by atoms with Crippen molar-refractivity contribution in [3.8, 4) is 0 Å². The van der Waals surface area contributed by atoms with Gasteiger partial charge in [-0.25, -0.2) is 13.9 Å². The average molecular weight is 402 g/mol. The van der Waals surface area contributed by atoms with Gasteiger partial charge >= 0.3 is 21.3 Å².